The molecule has 0 fully saturated rings. The molecule has 0 aliphatic heterocycles. The zero-order chi connectivity index (χ0) is 19.8. The zero-order valence-electron chi connectivity index (χ0n) is 15.1. The van der Waals surface area contributed by atoms with Crippen molar-refractivity contribution in [1.29, 1.82) is 0 Å². The molecule has 3 rings (SSSR count). The van der Waals surface area contributed by atoms with Gasteiger partial charge in [0.15, 0.2) is 0 Å². The van der Waals surface area contributed by atoms with Crippen LogP contribution >= 0.6 is 11.6 Å². The van der Waals surface area contributed by atoms with Gasteiger partial charge >= 0.3 is 11.9 Å². The van der Waals surface area contributed by atoms with Gasteiger partial charge in [-0.3, -0.25) is 0 Å². The van der Waals surface area contributed by atoms with Crippen LogP contribution in [0.1, 0.15) is 21.0 Å². The molecule has 8 heteroatoms. The Bertz CT molecular complexity index is 825. The maximum atomic E-state index is 11.9. The second-order valence-electron chi connectivity index (χ2n) is 5.90. The van der Waals surface area contributed by atoms with Crippen molar-refractivity contribution in [2.45, 2.75) is 0 Å². The minimum Gasteiger partial charge on any atom is -0.459 e. The molecule has 0 aliphatic rings. The van der Waals surface area contributed by atoms with Crippen LogP contribution in [0.25, 0.3) is 0 Å². The van der Waals surface area contributed by atoms with Gasteiger partial charge in [0.05, 0.1) is 13.1 Å². The molecule has 28 heavy (non-hydrogen) atoms. The standard InChI is InChI=1S/C20H20ClN3O4/c21-15-5-7-16(8-6-15)24(11-13-27-19(25)17-3-1-9-22-17)12-14-28-20(26)18-4-2-10-23-18/h1-10,22-23H,11-14H2. The highest BCUT2D eigenvalue weighted by atomic mass is 35.5. The fourth-order valence-corrected chi connectivity index (χ4v) is 2.72. The Labute approximate surface area is 167 Å². The molecule has 1 aromatic carbocycles. The quantitative estimate of drug-likeness (QED) is 0.536. The number of aromatic nitrogens is 2. The van der Waals surface area contributed by atoms with Gasteiger partial charge in [-0.25, -0.2) is 9.59 Å². The Morgan fingerprint density at radius 1 is 0.821 bits per heavy atom. The third-order valence-corrected chi connectivity index (χ3v) is 4.27. The Morgan fingerprint density at radius 2 is 1.32 bits per heavy atom. The summed E-state index contributed by atoms with van der Waals surface area (Å²) in [7, 11) is 0. The number of aromatic amines is 2. The van der Waals surface area contributed by atoms with Gasteiger partial charge in [0, 0.05) is 23.1 Å². The summed E-state index contributed by atoms with van der Waals surface area (Å²) in [6, 6.07) is 14.0. The lowest BCUT2D eigenvalue weighted by Crippen LogP contribution is -2.32. The van der Waals surface area contributed by atoms with Gasteiger partial charge < -0.3 is 24.3 Å². The number of nitrogens with one attached hydrogen (secondary N) is 2. The lowest BCUT2D eigenvalue weighted by Gasteiger charge is -2.24. The highest BCUT2D eigenvalue weighted by Crippen LogP contribution is 2.18. The number of halogens is 1. The van der Waals surface area contributed by atoms with Gasteiger partial charge in [0.1, 0.15) is 24.6 Å². The molecule has 0 radical (unpaired) electrons. The van der Waals surface area contributed by atoms with Gasteiger partial charge in [0.25, 0.3) is 0 Å². The van der Waals surface area contributed by atoms with Crippen LogP contribution in [0.4, 0.5) is 5.69 Å². The monoisotopic (exact) mass is 401 g/mol. The number of hydrogen-bond acceptors (Lipinski definition) is 5. The number of carbonyl (C=O) groups is 2. The molecule has 0 saturated carbocycles. The molecule has 7 nitrogen and oxygen atoms in total. The summed E-state index contributed by atoms with van der Waals surface area (Å²) in [5, 5.41) is 0.625. The highest BCUT2D eigenvalue weighted by molar-refractivity contribution is 6.30. The fraction of sp³-hybridized carbons (Fsp3) is 0.200. The second kappa shape index (κ2) is 9.66. The van der Waals surface area contributed by atoms with E-state index in [-0.39, 0.29) is 13.2 Å². The van der Waals surface area contributed by atoms with E-state index in [0.29, 0.717) is 29.5 Å². The topological polar surface area (TPSA) is 87.4 Å². The van der Waals surface area contributed by atoms with Crippen LogP contribution < -0.4 is 4.90 Å². The molecule has 0 unspecified atom stereocenters. The van der Waals surface area contributed by atoms with Crippen LogP contribution in [0.3, 0.4) is 0 Å². The number of benzene rings is 1. The smallest absolute Gasteiger partial charge is 0.354 e. The molecule has 146 valence electrons. The van der Waals surface area contributed by atoms with E-state index >= 15 is 0 Å². The number of H-pyrrole nitrogens is 2. The Hall–Kier alpha value is -3.19. The SMILES string of the molecule is O=C(OCCN(CCOC(=O)c1ccc[nH]1)c1ccc(Cl)cc1)c1ccc[nH]1. The fourth-order valence-electron chi connectivity index (χ4n) is 2.59. The maximum absolute atomic E-state index is 11.9. The van der Waals surface area contributed by atoms with Crippen molar-refractivity contribution in [2.24, 2.45) is 0 Å². The van der Waals surface area contributed by atoms with Crippen LogP contribution in [-0.4, -0.2) is 48.2 Å². The lowest BCUT2D eigenvalue weighted by atomic mass is 10.3. The van der Waals surface area contributed by atoms with E-state index in [4.69, 9.17) is 21.1 Å². The van der Waals surface area contributed by atoms with Crippen molar-refractivity contribution in [2.75, 3.05) is 31.2 Å². The minimum absolute atomic E-state index is 0.186. The van der Waals surface area contributed by atoms with Crippen molar-refractivity contribution in [1.82, 2.24) is 9.97 Å². The normalized spacial score (nSPS) is 10.5. The maximum Gasteiger partial charge on any atom is 0.354 e. The van der Waals surface area contributed by atoms with Crippen molar-refractivity contribution >= 4 is 29.2 Å². The number of nitrogens with zero attached hydrogens (tertiary/aromatic N) is 1. The van der Waals surface area contributed by atoms with Crippen LogP contribution in [0.2, 0.25) is 5.02 Å². The first-order chi connectivity index (χ1) is 13.6. The van der Waals surface area contributed by atoms with E-state index in [1.165, 1.54) is 0 Å². The van der Waals surface area contributed by atoms with Crippen LogP contribution in [-0.2, 0) is 9.47 Å². The van der Waals surface area contributed by atoms with Crippen molar-refractivity contribution < 1.29 is 19.1 Å². The number of carbonyl (C=O) groups excluding carboxylic acids is 2. The summed E-state index contributed by atoms with van der Waals surface area (Å²) in [5.41, 5.74) is 1.69. The zero-order valence-corrected chi connectivity index (χ0v) is 15.8. The summed E-state index contributed by atoms with van der Waals surface area (Å²) < 4.78 is 10.6. The van der Waals surface area contributed by atoms with E-state index in [1.54, 1.807) is 48.8 Å². The summed E-state index contributed by atoms with van der Waals surface area (Å²) in [6.45, 7) is 1.25. The average molecular weight is 402 g/mol. The van der Waals surface area contributed by atoms with Gasteiger partial charge in [0.2, 0.25) is 0 Å². The van der Waals surface area contributed by atoms with Crippen molar-refractivity contribution in [3.8, 4) is 0 Å². The molecule has 0 aliphatic carbocycles. The Kier molecular flexibility index (Phi) is 6.75. The molecular formula is C20H20ClN3O4. The van der Waals surface area contributed by atoms with E-state index in [0.717, 1.165) is 5.69 Å². The van der Waals surface area contributed by atoms with Crippen LogP contribution in [0.5, 0.6) is 0 Å². The Morgan fingerprint density at radius 3 is 1.75 bits per heavy atom. The third-order valence-electron chi connectivity index (χ3n) is 4.02. The Balaban J connectivity index is 1.54. The van der Waals surface area contributed by atoms with E-state index in [2.05, 4.69) is 9.97 Å². The van der Waals surface area contributed by atoms with E-state index in [9.17, 15) is 9.59 Å². The highest BCUT2D eigenvalue weighted by Gasteiger charge is 2.13. The predicted octanol–water partition coefficient (Wildman–Crippen LogP) is 3.52. The molecule has 2 aromatic heterocycles. The van der Waals surface area contributed by atoms with Gasteiger partial charge in [-0.2, -0.15) is 0 Å². The molecule has 0 saturated heterocycles. The molecular weight excluding hydrogens is 382 g/mol. The molecule has 2 N–H and O–H groups in total. The van der Waals surface area contributed by atoms with Crippen LogP contribution in [0, 0.1) is 0 Å². The first kappa shape index (κ1) is 19.6. The predicted molar refractivity (Wildman–Crippen MR) is 106 cm³/mol. The molecule has 0 amide bonds. The van der Waals surface area contributed by atoms with E-state index < -0.39 is 11.9 Å². The summed E-state index contributed by atoms with van der Waals surface area (Å²) >= 11 is 5.96. The number of anilines is 1. The van der Waals surface area contributed by atoms with Gasteiger partial charge in [-0.1, -0.05) is 11.6 Å². The molecule has 0 bridgehead atoms. The number of rotatable bonds is 9. The van der Waals surface area contributed by atoms with E-state index in [1.807, 2.05) is 17.0 Å². The molecule has 2 heterocycles. The third kappa shape index (κ3) is 5.40. The molecule has 0 spiro atoms. The first-order valence-electron chi connectivity index (χ1n) is 8.75. The number of hydrogen-bond donors (Lipinski definition) is 2. The first-order valence-corrected chi connectivity index (χ1v) is 9.13. The molecule has 3 aromatic rings. The summed E-state index contributed by atoms with van der Waals surface area (Å²) in [5.74, 6) is -0.835. The van der Waals surface area contributed by atoms with Crippen LogP contribution in [0.15, 0.2) is 60.9 Å². The lowest BCUT2D eigenvalue weighted by molar-refractivity contribution is 0.0498. The average Bonchev–Trinajstić information content (AvgIpc) is 3.41. The number of ether oxygens (including phenoxy) is 2. The van der Waals surface area contributed by atoms with Gasteiger partial charge in [-0.05, 0) is 48.5 Å². The van der Waals surface area contributed by atoms with Crippen molar-refractivity contribution in [3.63, 3.8) is 0 Å². The largest absolute Gasteiger partial charge is 0.459 e. The summed E-state index contributed by atoms with van der Waals surface area (Å²) in [6.07, 6.45) is 3.32. The molecule has 0 atom stereocenters. The summed E-state index contributed by atoms with van der Waals surface area (Å²) in [4.78, 5) is 31.5. The van der Waals surface area contributed by atoms with Crippen molar-refractivity contribution in [3.05, 3.63) is 77.3 Å². The number of esters is 2. The minimum atomic E-state index is -0.417. The van der Waals surface area contributed by atoms with Gasteiger partial charge in [-0.15, -0.1) is 0 Å². The second-order valence-corrected chi connectivity index (χ2v) is 6.34.